The minimum absolute atomic E-state index is 0.334. The van der Waals surface area contributed by atoms with Crippen LogP contribution in [0.4, 0.5) is 5.82 Å². The predicted octanol–water partition coefficient (Wildman–Crippen LogP) is 4.96. The van der Waals surface area contributed by atoms with E-state index in [-0.39, 0.29) is 0 Å². The molecule has 6 heteroatoms. The average molecular weight is 465 g/mol. The number of carbonyl (C=O) groups is 1. The van der Waals surface area contributed by atoms with Crippen LogP contribution in [0.1, 0.15) is 74.5 Å². The lowest BCUT2D eigenvalue weighted by Crippen LogP contribution is -2.36. The summed E-state index contributed by atoms with van der Waals surface area (Å²) < 4.78 is 5.32. The first kappa shape index (κ1) is 24.5. The highest BCUT2D eigenvalue weighted by atomic mass is 16.5. The van der Waals surface area contributed by atoms with E-state index in [0.717, 1.165) is 80.9 Å². The standard InChI is InChI=1S/C28H40N4O2/c1-4-26-25(20-23-10-13-24(34-3)14-11-23)28(30-21(2)29-26)32-17-7-16-31(18-19-32)27(33)15-12-22-8-5-6-9-22/h10-11,13-14,22H,4-9,12,15-20H2,1-3H3. The minimum Gasteiger partial charge on any atom is -0.497 e. The summed E-state index contributed by atoms with van der Waals surface area (Å²) in [5.74, 6) is 3.83. The van der Waals surface area contributed by atoms with Crippen LogP contribution in [0.15, 0.2) is 24.3 Å². The summed E-state index contributed by atoms with van der Waals surface area (Å²) in [5, 5.41) is 0. The molecule has 1 amide bonds. The maximum Gasteiger partial charge on any atom is 0.222 e. The summed E-state index contributed by atoms with van der Waals surface area (Å²) in [6.45, 7) is 7.51. The number of hydrogen-bond donors (Lipinski definition) is 0. The van der Waals surface area contributed by atoms with E-state index in [4.69, 9.17) is 14.7 Å². The van der Waals surface area contributed by atoms with Gasteiger partial charge in [-0.3, -0.25) is 4.79 Å². The van der Waals surface area contributed by atoms with Crippen molar-refractivity contribution in [3.63, 3.8) is 0 Å². The van der Waals surface area contributed by atoms with E-state index in [2.05, 4.69) is 28.9 Å². The molecule has 0 bridgehead atoms. The van der Waals surface area contributed by atoms with E-state index in [9.17, 15) is 4.79 Å². The number of amides is 1. The van der Waals surface area contributed by atoms with Gasteiger partial charge >= 0.3 is 0 Å². The van der Waals surface area contributed by atoms with Gasteiger partial charge in [-0.25, -0.2) is 9.97 Å². The first-order valence-corrected chi connectivity index (χ1v) is 13.1. The lowest BCUT2D eigenvalue weighted by Gasteiger charge is -2.26. The Morgan fingerprint density at radius 3 is 2.50 bits per heavy atom. The molecule has 1 saturated heterocycles. The third-order valence-electron chi connectivity index (χ3n) is 7.45. The van der Waals surface area contributed by atoms with Gasteiger partial charge in [0.1, 0.15) is 17.4 Å². The van der Waals surface area contributed by atoms with Crippen LogP contribution < -0.4 is 9.64 Å². The summed E-state index contributed by atoms with van der Waals surface area (Å²) in [6.07, 6.45) is 9.72. The second-order valence-corrected chi connectivity index (χ2v) is 9.81. The molecule has 2 aliphatic rings. The van der Waals surface area contributed by atoms with Crippen molar-refractivity contribution in [3.05, 3.63) is 46.9 Å². The summed E-state index contributed by atoms with van der Waals surface area (Å²) >= 11 is 0. The van der Waals surface area contributed by atoms with Crippen molar-refractivity contribution < 1.29 is 9.53 Å². The molecule has 6 nitrogen and oxygen atoms in total. The molecule has 0 unspecified atom stereocenters. The summed E-state index contributed by atoms with van der Waals surface area (Å²) in [4.78, 5) is 27.1. The maximum atomic E-state index is 12.9. The molecule has 1 aliphatic carbocycles. The molecule has 34 heavy (non-hydrogen) atoms. The molecular formula is C28H40N4O2. The zero-order valence-corrected chi connectivity index (χ0v) is 21.2. The summed E-state index contributed by atoms with van der Waals surface area (Å²) in [5.41, 5.74) is 3.55. The Morgan fingerprint density at radius 1 is 1.03 bits per heavy atom. The number of rotatable bonds is 8. The van der Waals surface area contributed by atoms with E-state index in [0.29, 0.717) is 12.3 Å². The quantitative estimate of drug-likeness (QED) is 0.553. The first-order valence-electron chi connectivity index (χ1n) is 13.1. The number of aromatic nitrogens is 2. The molecule has 1 aliphatic heterocycles. The number of anilines is 1. The molecular weight excluding hydrogens is 424 g/mol. The molecule has 2 heterocycles. The highest BCUT2D eigenvalue weighted by Gasteiger charge is 2.24. The third-order valence-corrected chi connectivity index (χ3v) is 7.45. The van der Waals surface area contributed by atoms with Gasteiger partial charge in [0.05, 0.1) is 7.11 Å². The molecule has 0 atom stereocenters. The van der Waals surface area contributed by atoms with E-state index in [1.165, 1.54) is 36.8 Å². The zero-order valence-electron chi connectivity index (χ0n) is 21.2. The fraction of sp³-hybridized carbons (Fsp3) is 0.607. The Bertz CT molecular complexity index is 954. The van der Waals surface area contributed by atoms with Gasteiger partial charge in [0, 0.05) is 50.3 Å². The molecule has 2 fully saturated rings. The monoisotopic (exact) mass is 464 g/mol. The fourth-order valence-electron chi connectivity index (χ4n) is 5.48. The number of ether oxygens (including phenoxy) is 1. The average Bonchev–Trinajstić information content (AvgIpc) is 3.26. The van der Waals surface area contributed by atoms with E-state index >= 15 is 0 Å². The Balaban J connectivity index is 1.47. The molecule has 184 valence electrons. The van der Waals surface area contributed by atoms with Gasteiger partial charge in [0.2, 0.25) is 5.91 Å². The van der Waals surface area contributed by atoms with Gasteiger partial charge in [0.25, 0.3) is 0 Å². The maximum absolute atomic E-state index is 12.9. The SMILES string of the molecule is CCc1nc(C)nc(N2CCCN(C(=O)CCC3CCCC3)CC2)c1Cc1ccc(OC)cc1. The highest BCUT2D eigenvalue weighted by molar-refractivity contribution is 5.76. The zero-order chi connectivity index (χ0) is 23.9. The highest BCUT2D eigenvalue weighted by Crippen LogP contribution is 2.29. The molecule has 0 spiro atoms. The molecule has 4 rings (SSSR count). The number of methoxy groups -OCH3 is 1. The van der Waals surface area contributed by atoms with Crippen molar-refractivity contribution in [1.29, 1.82) is 0 Å². The lowest BCUT2D eigenvalue weighted by molar-refractivity contribution is -0.131. The molecule has 0 radical (unpaired) electrons. The van der Waals surface area contributed by atoms with Crippen LogP contribution in [0, 0.1) is 12.8 Å². The molecule has 1 aromatic carbocycles. The van der Waals surface area contributed by atoms with Crippen molar-refractivity contribution in [1.82, 2.24) is 14.9 Å². The Kier molecular flexibility index (Phi) is 8.41. The first-order chi connectivity index (χ1) is 16.6. The lowest BCUT2D eigenvalue weighted by atomic mass is 10.0. The molecule has 1 saturated carbocycles. The number of aryl methyl sites for hydroxylation is 2. The number of nitrogens with zero attached hydrogens (tertiary/aromatic N) is 4. The molecule has 1 aromatic heterocycles. The van der Waals surface area contributed by atoms with E-state index in [1.807, 2.05) is 19.1 Å². The Hall–Kier alpha value is -2.63. The van der Waals surface area contributed by atoms with Crippen molar-refractivity contribution in [2.24, 2.45) is 5.92 Å². The number of carbonyl (C=O) groups excluding carboxylic acids is 1. The number of benzene rings is 1. The van der Waals surface area contributed by atoms with Gasteiger partial charge in [-0.05, 0) is 49.8 Å². The van der Waals surface area contributed by atoms with Gasteiger partial charge in [-0.2, -0.15) is 0 Å². The van der Waals surface area contributed by atoms with Gasteiger partial charge in [-0.15, -0.1) is 0 Å². The smallest absolute Gasteiger partial charge is 0.222 e. The topological polar surface area (TPSA) is 58.6 Å². The van der Waals surface area contributed by atoms with Crippen molar-refractivity contribution in [3.8, 4) is 5.75 Å². The second kappa shape index (κ2) is 11.7. The van der Waals surface area contributed by atoms with Crippen LogP contribution in [0.5, 0.6) is 5.75 Å². The van der Waals surface area contributed by atoms with Crippen LogP contribution in [0.25, 0.3) is 0 Å². The van der Waals surface area contributed by atoms with Crippen molar-refractivity contribution in [2.45, 2.75) is 71.6 Å². The van der Waals surface area contributed by atoms with Crippen molar-refractivity contribution >= 4 is 11.7 Å². The fourth-order valence-corrected chi connectivity index (χ4v) is 5.48. The van der Waals surface area contributed by atoms with Crippen LogP contribution >= 0.6 is 0 Å². The minimum atomic E-state index is 0.334. The van der Waals surface area contributed by atoms with E-state index in [1.54, 1.807) is 7.11 Å². The van der Waals surface area contributed by atoms with Crippen molar-refractivity contribution in [2.75, 3.05) is 38.2 Å². The van der Waals surface area contributed by atoms with E-state index < -0.39 is 0 Å². The molecule has 2 aromatic rings. The van der Waals surface area contributed by atoms with Crippen LogP contribution in [-0.4, -0.2) is 54.1 Å². The van der Waals surface area contributed by atoms with Gasteiger partial charge in [0.15, 0.2) is 0 Å². The Morgan fingerprint density at radius 2 is 1.79 bits per heavy atom. The molecule has 0 N–H and O–H groups in total. The predicted molar refractivity (Wildman–Crippen MR) is 137 cm³/mol. The second-order valence-electron chi connectivity index (χ2n) is 9.81. The Labute approximate surface area is 204 Å². The van der Waals surface area contributed by atoms with Crippen LogP contribution in [0.2, 0.25) is 0 Å². The van der Waals surface area contributed by atoms with Gasteiger partial charge in [-0.1, -0.05) is 44.7 Å². The van der Waals surface area contributed by atoms with Gasteiger partial charge < -0.3 is 14.5 Å². The van der Waals surface area contributed by atoms with Crippen LogP contribution in [0.3, 0.4) is 0 Å². The normalized spacial score (nSPS) is 17.1. The largest absolute Gasteiger partial charge is 0.497 e. The third kappa shape index (κ3) is 6.08. The van der Waals surface area contributed by atoms with Crippen LogP contribution in [-0.2, 0) is 17.6 Å². The summed E-state index contributed by atoms with van der Waals surface area (Å²) in [6, 6.07) is 8.26. The summed E-state index contributed by atoms with van der Waals surface area (Å²) in [7, 11) is 1.69. The number of hydrogen-bond acceptors (Lipinski definition) is 5.